The van der Waals surface area contributed by atoms with Crippen molar-refractivity contribution in [3.63, 3.8) is 0 Å². The summed E-state index contributed by atoms with van der Waals surface area (Å²) in [5.74, 6) is 0.879. The van der Waals surface area contributed by atoms with Gasteiger partial charge in [-0.1, -0.05) is 117 Å². The molecule has 0 saturated carbocycles. The summed E-state index contributed by atoms with van der Waals surface area (Å²) in [6, 6.07) is 46.2. The number of nitrogens with zero attached hydrogens (tertiary/aromatic N) is 3. The van der Waals surface area contributed by atoms with Crippen molar-refractivity contribution in [1.82, 2.24) is 14.5 Å². The molecule has 0 atom stereocenters. The Balaban J connectivity index is 1.32. The van der Waals surface area contributed by atoms with E-state index in [4.69, 9.17) is 9.97 Å². The zero-order valence-electron chi connectivity index (χ0n) is 24.5. The van der Waals surface area contributed by atoms with Gasteiger partial charge in [0, 0.05) is 27.3 Å². The van der Waals surface area contributed by atoms with E-state index in [0.29, 0.717) is 0 Å². The second-order valence-electron chi connectivity index (χ2n) is 12.6. The summed E-state index contributed by atoms with van der Waals surface area (Å²) >= 11 is 0. The number of para-hydroxylation sites is 3. The minimum Gasteiger partial charge on any atom is -0.291 e. The van der Waals surface area contributed by atoms with E-state index in [0.717, 1.165) is 33.6 Å². The van der Waals surface area contributed by atoms with Gasteiger partial charge in [-0.15, -0.1) is 0 Å². The molecule has 8 aromatic rings. The van der Waals surface area contributed by atoms with E-state index in [-0.39, 0.29) is 5.41 Å². The Morgan fingerprint density at radius 3 is 2.05 bits per heavy atom. The van der Waals surface area contributed by atoms with Gasteiger partial charge in [-0.3, -0.25) is 4.57 Å². The van der Waals surface area contributed by atoms with E-state index in [1.807, 2.05) is 12.1 Å². The Morgan fingerprint density at radius 1 is 0.523 bits per heavy atom. The Morgan fingerprint density at radius 2 is 1.18 bits per heavy atom. The van der Waals surface area contributed by atoms with E-state index in [9.17, 15) is 0 Å². The lowest BCUT2D eigenvalue weighted by molar-refractivity contribution is 0.660. The minimum atomic E-state index is -0.0584. The Kier molecular flexibility index (Phi) is 4.52. The van der Waals surface area contributed by atoms with Crippen LogP contribution in [0.4, 0.5) is 0 Å². The van der Waals surface area contributed by atoms with Crippen LogP contribution >= 0.6 is 0 Å². The van der Waals surface area contributed by atoms with Crippen molar-refractivity contribution in [3.8, 4) is 50.5 Å². The molecule has 0 unspecified atom stereocenters. The third kappa shape index (κ3) is 2.96. The molecule has 0 radical (unpaired) electrons. The summed E-state index contributed by atoms with van der Waals surface area (Å²) in [6.45, 7) is 4.70. The van der Waals surface area contributed by atoms with E-state index in [1.54, 1.807) is 0 Å². The normalized spacial score (nSPS) is 13.9. The molecule has 0 N–H and O–H groups in total. The SMILES string of the molecule is CC1(C)c2ccccc2-c2ccc(-c3cccc4c3c3cccc5c3n4-c3nc4ccccc4nc3-c3ccccc3-5)cc21. The van der Waals surface area contributed by atoms with Crippen LogP contribution in [0.5, 0.6) is 0 Å². The molecule has 2 aromatic heterocycles. The lowest BCUT2D eigenvalue weighted by Crippen LogP contribution is -2.14. The fraction of sp³-hybridized carbons (Fsp3) is 0.0732. The molecule has 3 heterocycles. The molecule has 3 nitrogen and oxygen atoms in total. The van der Waals surface area contributed by atoms with Crippen LogP contribution in [0.3, 0.4) is 0 Å². The van der Waals surface area contributed by atoms with Crippen molar-refractivity contribution in [3.05, 3.63) is 139 Å². The quantitative estimate of drug-likeness (QED) is 0.200. The zero-order chi connectivity index (χ0) is 29.2. The molecule has 0 fully saturated rings. The molecule has 2 aliphatic rings. The molecule has 0 spiro atoms. The summed E-state index contributed by atoms with van der Waals surface area (Å²) in [6.07, 6.45) is 0. The molecule has 0 amide bonds. The molecule has 1 aliphatic carbocycles. The van der Waals surface area contributed by atoms with Crippen LogP contribution < -0.4 is 0 Å². The fourth-order valence-electron chi connectivity index (χ4n) is 7.92. The summed E-state index contributed by atoms with van der Waals surface area (Å²) in [4.78, 5) is 10.6. The smallest absolute Gasteiger partial charge is 0.165 e. The maximum absolute atomic E-state index is 5.31. The standard InChI is InChI=1S/C41H27N3/c1-41(2)32-17-6-5-12-27(32)28-22-21-24(23-33(28)41)25-14-10-20-36-37(25)31-16-9-15-30-26-11-3-4-13-29(26)38-40(44(36)39(30)31)43-35-19-8-7-18-34(35)42-38/h3-23H,1-2H3. The van der Waals surface area contributed by atoms with Crippen molar-refractivity contribution in [2.75, 3.05) is 0 Å². The maximum Gasteiger partial charge on any atom is 0.165 e. The van der Waals surface area contributed by atoms with Crippen LogP contribution in [0.1, 0.15) is 25.0 Å². The average Bonchev–Trinajstić information content (AvgIpc) is 3.48. The molecule has 0 saturated heterocycles. The molecule has 206 valence electrons. The number of aromatic nitrogens is 3. The van der Waals surface area contributed by atoms with Crippen LogP contribution in [0.2, 0.25) is 0 Å². The summed E-state index contributed by atoms with van der Waals surface area (Å²) in [5, 5.41) is 2.48. The molecule has 44 heavy (non-hydrogen) atoms. The molecule has 3 heteroatoms. The fourth-order valence-corrected chi connectivity index (χ4v) is 7.92. The second kappa shape index (κ2) is 8.30. The van der Waals surface area contributed by atoms with Crippen molar-refractivity contribution in [2.45, 2.75) is 19.3 Å². The molecule has 10 rings (SSSR count). The summed E-state index contributed by atoms with van der Waals surface area (Å²) < 4.78 is 2.37. The number of hydrogen-bond acceptors (Lipinski definition) is 2. The highest BCUT2D eigenvalue weighted by molar-refractivity contribution is 6.20. The van der Waals surface area contributed by atoms with Gasteiger partial charge in [0.2, 0.25) is 0 Å². The first kappa shape index (κ1) is 24.0. The number of hydrogen-bond donors (Lipinski definition) is 0. The first-order valence-electron chi connectivity index (χ1n) is 15.3. The Bertz CT molecular complexity index is 2530. The second-order valence-corrected chi connectivity index (χ2v) is 12.6. The lowest BCUT2D eigenvalue weighted by Gasteiger charge is -2.22. The van der Waals surface area contributed by atoms with Gasteiger partial charge in [0.15, 0.2) is 5.82 Å². The van der Waals surface area contributed by atoms with Gasteiger partial charge in [-0.25, -0.2) is 9.97 Å². The maximum atomic E-state index is 5.31. The molecular formula is C41H27N3. The predicted octanol–water partition coefficient (Wildman–Crippen LogP) is 10.3. The minimum absolute atomic E-state index is 0.0584. The Labute approximate surface area is 255 Å². The number of fused-ring (bicyclic) bond motifs is 12. The molecular weight excluding hydrogens is 534 g/mol. The van der Waals surface area contributed by atoms with Crippen LogP contribution in [0.25, 0.3) is 83.3 Å². The zero-order valence-corrected chi connectivity index (χ0v) is 24.5. The first-order valence-corrected chi connectivity index (χ1v) is 15.3. The van der Waals surface area contributed by atoms with Crippen molar-refractivity contribution in [1.29, 1.82) is 0 Å². The molecule has 1 aliphatic heterocycles. The van der Waals surface area contributed by atoms with E-state index < -0.39 is 0 Å². The summed E-state index contributed by atoms with van der Waals surface area (Å²) in [5.41, 5.74) is 16.4. The molecule has 0 bridgehead atoms. The van der Waals surface area contributed by atoms with Crippen LogP contribution in [0.15, 0.2) is 127 Å². The first-order chi connectivity index (χ1) is 21.6. The van der Waals surface area contributed by atoms with Crippen molar-refractivity contribution >= 4 is 32.8 Å². The van der Waals surface area contributed by atoms with Gasteiger partial charge in [0.25, 0.3) is 0 Å². The van der Waals surface area contributed by atoms with E-state index >= 15 is 0 Å². The largest absolute Gasteiger partial charge is 0.291 e. The third-order valence-electron chi connectivity index (χ3n) is 9.94. The topological polar surface area (TPSA) is 30.7 Å². The lowest BCUT2D eigenvalue weighted by atomic mass is 9.81. The highest BCUT2D eigenvalue weighted by Gasteiger charge is 2.35. The van der Waals surface area contributed by atoms with Crippen molar-refractivity contribution < 1.29 is 0 Å². The highest BCUT2D eigenvalue weighted by Crippen LogP contribution is 2.51. The van der Waals surface area contributed by atoms with Gasteiger partial charge >= 0.3 is 0 Å². The summed E-state index contributed by atoms with van der Waals surface area (Å²) in [7, 11) is 0. The number of benzene rings is 6. The van der Waals surface area contributed by atoms with Gasteiger partial charge in [0.05, 0.1) is 22.1 Å². The monoisotopic (exact) mass is 561 g/mol. The predicted molar refractivity (Wildman–Crippen MR) is 181 cm³/mol. The van der Waals surface area contributed by atoms with Crippen molar-refractivity contribution in [2.24, 2.45) is 0 Å². The van der Waals surface area contributed by atoms with Gasteiger partial charge in [0.1, 0.15) is 5.69 Å². The molecule has 6 aromatic carbocycles. The highest BCUT2D eigenvalue weighted by atomic mass is 15.1. The Hall–Kier alpha value is -5.54. The van der Waals surface area contributed by atoms with Crippen LogP contribution in [0, 0.1) is 0 Å². The third-order valence-corrected chi connectivity index (χ3v) is 9.94. The van der Waals surface area contributed by atoms with E-state index in [2.05, 4.69) is 134 Å². The van der Waals surface area contributed by atoms with Gasteiger partial charge in [-0.05, 0) is 63.2 Å². The van der Waals surface area contributed by atoms with Gasteiger partial charge in [-0.2, -0.15) is 0 Å². The van der Waals surface area contributed by atoms with Crippen LogP contribution in [-0.4, -0.2) is 14.5 Å². The van der Waals surface area contributed by atoms with Crippen LogP contribution in [-0.2, 0) is 5.41 Å². The average molecular weight is 562 g/mol. The van der Waals surface area contributed by atoms with E-state index in [1.165, 1.54) is 60.8 Å². The van der Waals surface area contributed by atoms with Gasteiger partial charge < -0.3 is 0 Å². The number of rotatable bonds is 1.